The monoisotopic (exact) mass is 343 g/mol. The minimum absolute atomic E-state index is 0.253. The Morgan fingerprint density at radius 3 is 2.44 bits per heavy atom. The van der Waals surface area contributed by atoms with Gasteiger partial charge in [0.2, 0.25) is 0 Å². The van der Waals surface area contributed by atoms with E-state index in [0.29, 0.717) is 6.42 Å². The lowest BCUT2D eigenvalue weighted by Crippen LogP contribution is -1.99. The summed E-state index contributed by atoms with van der Waals surface area (Å²) in [7, 11) is 0. The van der Waals surface area contributed by atoms with Gasteiger partial charge in [-0.25, -0.2) is 4.98 Å². The largest absolute Gasteiger partial charge is 0.396 e. The Hall–Kier alpha value is -1.71. The van der Waals surface area contributed by atoms with Gasteiger partial charge in [0.15, 0.2) is 0 Å². The van der Waals surface area contributed by atoms with E-state index in [2.05, 4.69) is 30.1 Å². The molecule has 25 heavy (non-hydrogen) atoms. The first-order chi connectivity index (χ1) is 12.3. The third-order valence-corrected chi connectivity index (χ3v) is 3.87. The van der Waals surface area contributed by atoms with Gasteiger partial charge in [0.25, 0.3) is 0 Å². The van der Waals surface area contributed by atoms with E-state index < -0.39 is 6.10 Å². The summed E-state index contributed by atoms with van der Waals surface area (Å²) in [5.74, 6) is 0. The van der Waals surface area contributed by atoms with Crippen molar-refractivity contribution in [2.45, 2.75) is 64.4 Å². The number of nitrogens with zero attached hydrogens (tertiary/aromatic N) is 1. The maximum Gasteiger partial charge on any atom is 0.0759 e. The van der Waals surface area contributed by atoms with Crippen molar-refractivity contribution in [2.75, 3.05) is 6.61 Å². The molecule has 1 atom stereocenters. The average molecular weight is 344 g/mol. The van der Waals surface area contributed by atoms with Crippen LogP contribution in [-0.4, -0.2) is 27.9 Å². The van der Waals surface area contributed by atoms with Gasteiger partial charge < -0.3 is 10.2 Å². The lowest BCUT2D eigenvalue weighted by molar-refractivity contribution is 0.227. The van der Waals surface area contributed by atoms with Crippen molar-refractivity contribution in [1.82, 2.24) is 4.98 Å². The van der Waals surface area contributed by atoms with Gasteiger partial charge in [0.1, 0.15) is 0 Å². The van der Waals surface area contributed by atoms with E-state index in [0.717, 1.165) is 37.1 Å². The summed E-state index contributed by atoms with van der Waals surface area (Å²) in [6.45, 7) is 2.46. The quantitative estimate of drug-likeness (QED) is 0.384. The molecule has 1 heterocycles. The van der Waals surface area contributed by atoms with Crippen LogP contribution in [-0.2, 0) is 0 Å². The smallest absolute Gasteiger partial charge is 0.0759 e. The van der Waals surface area contributed by atoms with Crippen LogP contribution in [0.25, 0.3) is 12.2 Å². The van der Waals surface area contributed by atoms with Crippen LogP contribution < -0.4 is 0 Å². The summed E-state index contributed by atoms with van der Waals surface area (Å²) in [4.78, 5) is 4.54. The summed E-state index contributed by atoms with van der Waals surface area (Å²) in [6.07, 6.45) is 19.8. The number of pyridine rings is 1. The highest BCUT2D eigenvalue weighted by atomic mass is 16.3. The highest BCUT2D eigenvalue weighted by molar-refractivity contribution is 5.51. The molecule has 3 nitrogen and oxygen atoms in total. The van der Waals surface area contributed by atoms with Crippen LogP contribution in [0, 0.1) is 0 Å². The van der Waals surface area contributed by atoms with Gasteiger partial charge in [-0.3, -0.25) is 0 Å². The van der Waals surface area contributed by atoms with E-state index >= 15 is 0 Å². The third kappa shape index (κ3) is 11.5. The molecule has 0 aliphatic heterocycles. The molecule has 1 aromatic heterocycles. The standard InChI is InChI=1S/C22H33NO2/c1-2-3-4-5-6-10-16-22(25)18-17-21-15-12-14-20(23-21)13-9-7-8-11-19-24/h6,9-10,12-15,17-18,22,24-25H,2-5,7-8,11,16,19H2,1H3/t22-/m0/s1. The molecule has 0 aliphatic carbocycles. The van der Waals surface area contributed by atoms with Gasteiger partial charge >= 0.3 is 0 Å². The van der Waals surface area contributed by atoms with E-state index in [1.54, 1.807) is 6.08 Å². The Morgan fingerprint density at radius 2 is 1.68 bits per heavy atom. The van der Waals surface area contributed by atoms with E-state index in [4.69, 9.17) is 5.11 Å². The zero-order valence-corrected chi connectivity index (χ0v) is 15.5. The zero-order valence-electron chi connectivity index (χ0n) is 15.5. The first-order valence-corrected chi connectivity index (χ1v) is 9.52. The van der Waals surface area contributed by atoms with E-state index in [1.807, 2.05) is 30.4 Å². The Labute approximate surface area is 152 Å². The minimum Gasteiger partial charge on any atom is -0.396 e. The molecule has 3 heteroatoms. The van der Waals surface area contributed by atoms with Crippen molar-refractivity contribution in [3.05, 3.63) is 53.9 Å². The molecule has 0 saturated heterocycles. The second-order valence-corrected chi connectivity index (χ2v) is 6.24. The fourth-order valence-corrected chi connectivity index (χ4v) is 2.39. The fourth-order valence-electron chi connectivity index (χ4n) is 2.39. The van der Waals surface area contributed by atoms with E-state index in [9.17, 15) is 5.11 Å². The number of hydrogen-bond acceptors (Lipinski definition) is 3. The predicted octanol–water partition coefficient (Wildman–Crippen LogP) is 5.16. The zero-order chi connectivity index (χ0) is 18.2. The van der Waals surface area contributed by atoms with Gasteiger partial charge in [-0.05, 0) is 62.8 Å². The van der Waals surface area contributed by atoms with Crippen molar-refractivity contribution in [3.63, 3.8) is 0 Å². The average Bonchev–Trinajstić information content (AvgIpc) is 2.63. The maximum atomic E-state index is 10.0. The molecule has 0 radical (unpaired) electrons. The van der Waals surface area contributed by atoms with Gasteiger partial charge in [-0.2, -0.15) is 0 Å². The van der Waals surface area contributed by atoms with Crippen LogP contribution in [0.4, 0.5) is 0 Å². The van der Waals surface area contributed by atoms with Crippen LogP contribution in [0.1, 0.15) is 69.7 Å². The second-order valence-electron chi connectivity index (χ2n) is 6.24. The van der Waals surface area contributed by atoms with Crippen LogP contribution in [0.5, 0.6) is 0 Å². The van der Waals surface area contributed by atoms with Crippen LogP contribution >= 0.6 is 0 Å². The maximum absolute atomic E-state index is 10.0. The number of unbranched alkanes of at least 4 members (excludes halogenated alkanes) is 5. The molecule has 0 aromatic carbocycles. The van der Waals surface area contributed by atoms with Gasteiger partial charge in [-0.15, -0.1) is 0 Å². The third-order valence-electron chi connectivity index (χ3n) is 3.87. The van der Waals surface area contributed by atoms with Gasteiger partial charge in [0.05, 0.1) is 17.5 Å². The van der Waals surface area contributed by atoms with Crippen molar-refractivity contribution in [1.29, 1.82) is 0 Å². The molecular formula is C22H33NO2. The fraction of sp³-hybridized carbons (Fsp3) is 0.500. The topological polar surface area (TPSA) is 53.4 Å². The number of aliphatic hydroxyl groups is 2. The van der Waals surface area contributed by atoms with Crippen LogP contribution in [0.15, 0.2) is 42.5 Å². The normalized spacial score (nSPS) is 13.4. The summed E-state index contributed by atoms with van der Waals surface area (Å²) >= 11 is 0. The lowest BCUT2D eigenvalue weighted by atomic mass is 10.1. The molecule has 0 unspecified atom stereocenters. The van der Waals surface area contributed by atoms with Crippen molar-refractivity contribution in [2.24, 2.45) is 0 Å². The highest BCUT2D eigenvalue weighted by Gasteiger charge is 1.97. The first-order valence-electron chi connectivity index (χ1n) is 9.52. The number of rotatable bonds is 13. The van der Waals surface area contributed by atoms with E-state index in [-0.39, 0.29) is 6.61 Å². The van der Waals surface area contributed by atoms with Gasteiger partial charge in [0, 0.05) is 6.61 Å². The molecule has 0 aliphatic rings. The molecule has 0 amide bonds. The van der Waals surface area contributed by atoms with E-state index in [1.165, 1.54) is 19.3 Å². The second kappa shape index (κ2) is 14.6. The minimum atomic E-state index is -0.470. The predicted molar refractivity (Wildman–Crippen MR) is 107 cm³/mol. The summed E-state index contributed by atoms with van der Waals surface area (Å²) < 4.78 is 0. The molecule has 1 aromatic rings. The van der Waals surface area contributed by atoms with Crippen LogP contribution in [0.3, 0.4) is 0 Å². The summed E-state index contributed by atoms with van der Waals surface area (Å²) in [5, 5.41) is 18.8. The molecule has 0 saturated carbocycles. The molecule has 2 N–H and O–H groups in total. The number of aromatic nitrogens is 1. The summed E-state index contributed by atoms with van der Waals surface area (Å²) in [6, 6.07) is 5.88. The number of allylic oxidation sites excluding steroid dienone is 2. The number of hydrogen-bond donors (Lipinski definition) is 2. The Morgan fingerprint density at radius 1 is 0.960 bits per heavy atom. The molecule has 138 valence electrons. The van der Waals surface area contributed by atoms with Crippen molar-refractivity contribution in [3.8, 4) is 0 Å². The van der Waals surface area contributed by atoms with Gasteiger partial charge in [-0.1, -0.05) is 50.1 Å². The first kappa shape index (κ1) is 21.3. The molecule has 1 rings (SSSR count). The Bertz CT molecular complexity index is 535. The summed E-state index contributed by atoms with van der Waals surface area (Å²) in [5.41, 5.74) is 1.76. The SMILES string of the molecule is CCCCCC=CC[C@H](O)C=Cc1cccc(C=CCCCCO)n1. The van der Waals surface area contributed by atoms with Crippen LogP contribution in [0.2, 0.25) is 0 Å². The Balaban J connectivity index is 2.39. The van der Waals surface area contributed by atoms with Crippen molar-refractivity contribution >= 4 is 12.2 Å². The Kier molecular flexibility index (Phi) is 12.5. The molecule has 0 spiro atoms. The molecule has 0 fully saturated rings. The lowest BCUT2D eigenvalue weighted by Gasteiger charge is -2.01. The molecular weight excluding hydrogens is 310 g/mol. The number of aliphatic hydroxyl groups excluding tert-OH is 2. The molecule has 0 bridgehead atoms. The van der Waals surface area contributed by atoms with Crippen molar-refractivity contribution < 1.29 is 10.2 Å². The highest BCUT2D eigenvalue weighted by Crippen LogP contribution is 2.07.